The van der Waals surface area contributed by atoms with Crippen LogP contribution in [0.15, 0.2) is 42.5 Å². The molecule has 0 saturated carbocycles. The minimum Gasteiger partial charge on any atom is -0.478 e. The third-order valence-electron chi connectivity index (χ3n) is 4.41. The highest BCUT2D eigenvalue weighted by Gasteiger charge is 2.41. The first-order valence-corrected chi connectivity index (χ1v) is 9.12. The Bertz CT molecular complexity index is 1030. The number of fused-ring (bicyclic) bond motifs is 1. The molecule has 30 heavy (non-hydrogen) atoms. The van der Waals surface area contributed by atoms with E-state index in [1.165, 1.54) is 30.0 Å². The minimum absolute atomic E-state index is 0.0163. The fourth-order valence-electron chi connectivity index (χ4n) is 3.05. The lowest BCUT2D eigenvalue weighted by atomic mass is 10.0. The van der Waals surface area contributed by atoms with Crippen molar-refractivity contribution in [3.63, 3.8) is 0 Å². The van der Waals surface area contributed by atoms with Crippen LogP contribution in [0.5, 0.6) is 5.75 Å². The lowest BCUT2D eigenvalue weighted by molar-refractivity contribution is -0.133. The maximum Gasteiger partial charge on any atom is 0.335 e. The zero-order valence-electron chi connectivity index (χ0n) is 16.7. The average molecular weight is 411 g/mol. The summed E-state index contributed by atoms with van der Waals surface area (Å²) in [5.74, 6) is -1.98. The van der Waals surface area contributed by atoms with Crippen molar-refractivity contribution in [2.24, 2.45) is 0 Å². The monoisotopic (exact) mass is 411 g/mol. The molecular formula is C21H21N3O6. The highest BCUT2D eigenvalue weighted by Crippen LogP contribution is 2.38. The van der Waals surface area contributed by atoms with Gasteiger partial charge in [-0.2, -0.15) is 0 Å². The van der Waals surface area contributed by atoms with Gasteiger partial charge in [0.2, 0.25) is 11.8 Å². The van der Waals surface area contributed by atoms with E-state index in [0.717, 1.165) is 0 Å². The van der Waals surface area contributed by atoms with E-state index in [9.17, 15) is 24.3 Å². The summed E-state index contributed by atoms with van der Waals surface area (Å²) >= 11 is 0. The zero-order chi connectivity index (χ0) is 22.1. The van der Waals surface area contributed by atoms with Crippen LogP contribution < -0.4 is 20.3 Å². The molecule has 9 nitrogen and oxygen atoms in total. The average Bonchev–Trinajstić information content (AvgIpc) is 2.65. The standard InChI is InChI=1S/C21H21N3O6/c1-12(25)22-14-5-7-15(8-6-14)23-18(26)11-24-16-9-4-13(19(27)28)10-17(16)30-21(2,3)20(24)29/h4-10H,11H2,1-3H3,(H,22,25)(H,23,26)(H,27,28). The number of ether oxygens (including phenoxy) is 1. The number of rotatable bonds is 5. The fraction of sp³-hybridized carbons (Fsp3) is 0.238. The van der Waals surface area contributed by atoms with Crippen LogP contribution in [0.3, 0.4) is 0 Å². The molecule has 0 aliphatic carbocycles. The van der Waals surface area contributed by atoms with Crippen LogP contribution >= 0.6 is 0 Å². The van der Waals surface area contributed by atoms with E-state index in [0.29, 0.717) is 17.1 Å². The van der Waals surface area contributed by atoms with Gasteiger partial charge in [0, 0.05) is 18.3 Å². The van der Waals surface area contributed by atoms with Gasteiger partial charge in [0.15, 0.2) is 5.60 Å². The molecule has 0 bridgehead atoms. The van der Waals surface area contributed by atoms with Gasteiger partial charge >= 0.3 is 5.97 Å². The first-order valence-electron chi connectivity index (χ1n) is 9.12. The maximum absolute atomic E-state index is 12.8. The quantitative estimate of drug-likeness (QED) is 0.694. The molecule has 2 aromatic rings. The third kappa shape index (κ3) is 4.40. The number of nitrogens with zero attached hydrogens (tertiary/aromatic N) is 1. The highest BCUT2D eigenvalue weighted by molar-refractivity contribution is 6.08. The molecule has 0 aromatic heterocycles. The Morgan fingerprint density at radius 1 is 1.03 bits per heavy atom. The van der Waals surface area contributed by atoms with Crippen molar-refractivity contribution in [2.75, 3.05) is 22.1 Å². The number of carbonyl (C=O) groups excluding carboxylic acids is 3. The first-order chi connectivity index (χ1) is 14.1. The zero-order valence-corrected chi connectivity index (χ0v) is 16.7. The van der Waals surface area contributed by atoms with Crippen LogP contribution in [0.4, 0.5) is 17.1 Å². The molecule has 0 unspecified atom stereocenters. The number of benzene rings is 2. The molecule has 0 atom stereocenters. The van der Waals surface area contributed by atoms with Crippen LogP contribution in [0.25, 0.3) is 0 Å². The summed E-state index contributed by atoms with van der Waals surface area (Å²) in [6.45, 7) is 4.22. The molecule has 0 saturated heterocycles. The Labute approximate surface area is 172 Å². The van der Waals surface area contributed by atoms with Crippen LogP contribution in [-0.4, -0.2) is 40.9 Å². The summed E-state index contributed by atoms with van der Waals surface area (Å²) in [6.07, 6.45) is 0. The molecular weight excluding hydrogens is 390 g/mol. The maximum atomic E-state index is 12.8. The number of aromatic carboxylic acids is 1. The second-order valence-corrected chi connectivity index (χ2v) is 7.30. The number of anilines is 3. The number of hydrogen-bond donors (Lipinski definition) is 3. The Morgan fingerprint density at radius 3 is 2.20 bits per heavy atom. The Hall–Kier alpha value is -3.88. The Kier molecular flexibility index (Phi) is 5.46. The summed E-state index contributed by atoms with van der Waals surface area (Å²) in [5, 5.41) is 14.5. The highest BCUT2D eigenvalue weighted by atomic mass is 16.5. The predicted octanol–water partition coefficient (Wildman–Crippen LogP) is 2.49. The summed E-state index contributed by atoms with van der Waals surface area (Å²) in [6, 6.07) is 10.7. The van der Waals surface area contributed by atoms with E-state index in [-0.39, 0.29) is 23.8 Å². The lowest BCUT2D eigenvalue weighted by Crippen LogP contribution is -2.54. The predicted molar refractivity (Wildman–Crippen MR) is 110 cm³/mol. The van der Waals surface area contributed by atoms with Crippen LogP contribution in [0.1, 0.15) is 31.1 Å². The number of hydrogen-bond acceptors (Lipinski definition) is 5. The molecule has 9 heteroatoms. The first kappa shape index (κ1) is 20.8. The van der Waals surface area contributed by atoms with Crippen molar-refractivity contribution in [1.82, 2.24) is 0 Å². The lowest BCUT2D eigenvalue weighted by Gasteiger charge is -2.38. The summed E-state index contributed by atoms with van der Waals surface area (Å²) in [5.41, 5.74) is 0.164. The summed E-state index contributed by atoms with van der Waals surface area (Å²) < 4.78 is 5.68. The second-order valence-electron chi connectivity index (χ2n) is 7.30. The van der Waals surface area contributed by atoms with Gasteiger partial charge in [-0.1, -0.05) is 0 Å². The normalized spacial score (nSPS) is 14.4. The molecule has 1 aliphatic heterocycles. The molecule has 0 spiro atoms. The number of nitrogens with one attached hydrogen (secondary N) is 2. The second kappa shape index (κ2) is 7.86. The van der Waals surface area contributed by atoms with Gasteiger partial charge in [0.1, 0.15) is 12.3 Å². The number of carboxylic acids is 1. The van der Waals surface area contributed by atoms with E-state index in [4.69, 9.17) is 4.74 Å². The molecule has 0 fully saturated rings. The van der Waals surface area contributed by atoms with Crippen molar-refractivity contribution < 1.29 is 29.0 Å². The molecule has 1 heterocycles. The van der Waals surface area contributed by atoms with Gasteiger partial charge in [-0.05, 0) is 56.3 Å². The van der Waals surface area contributed by atoms with Gasteiger partial charge < -0.3 is 20.5 Å². The Balaban J connectivity index is 1.79. The number of carbonyl (C=O) groups is 4. The van der Waals surface area contributed by atoms with Gasteiger partial charge in [-0.3, -0.25) is 19.3 Å². The third-order valence-corrected chi connectivity index (χ3v) is 4.41. The molecule has 3 rings (SSSR count). The van der Waals surface area contributed by atoms with Crippen molar-refractivity contribution >= 4 is 40.8 Å². The van der Waals surface area contributed by atoms with Crippen molar-refractivity contribution in [3.05, 3.63) is 48.0 Å². The minimum atomic E-state index is -1.26. The van der Waals surface area contributed by atoms with E-state index < -0.39 is 23.4 Å². The largest absolute Gasteiger partial charge is 0.478 e. The molecule has 3 N–H and O–H groups in total. The van der Waals surface area contributed by atoms with Gasteiger partial charge in [0.05, 0.1) is 11.3 Å². The van der Waals surface area contributed by atoms with Crippen LogP contribution in [0, 0.1) is 0 Å². The van der Waals surface area contributed by atoms with Crippen molar-refractivity contribution in [3.8, 4) is 5.75 Å². The van der Waals surface area contributed by atoms with Crippen molar-refractivity contribution in [2.45, 2.75) is 26.4 Å². The van der Waals surface area contributed by atoms with Crippen molar-refractivity contribution in [1.29, 1.82) is 0 Å². The van der Waals surface area contributed by atoms with E-state index >= 15 is 0 Å². The molecule has 2 aromatic carbocycles. The Morgan fingerprint density at radius 2 is 1.63 bits per heavy atom. The SMILES string of the molecule is CC(=O)Nc1ccc(NC(=O)CN2C(=O)C(C)(C)Oc3cc(C(=O)O)ccc32)cc1. The van der Waals surface area contributed by atoms with E-state index in [1.54, 1.807) is 38.1 Å². The number of amides is 3. The molecule has 0 radical (unpaired) electrons. The molecule has 1 aliphatic rings. The smallest absolute Gasteiger partial charge is 0.335 e. The van der Waals surface area contributed by atoms with Crippen LogP contribution in [0.2, 0.25) is 0 Å². The molecule has 156 valence electrons. The summed E-state index contributed by atoms with van der Waals surface area (Å²) in [7, 11) is 0. The van der Waals surface area contributed by atoms with Gasteiger partial charge in [-0.25, -0.2) is 4.79 Å². The summed E-state index contributed by atoms with van der Waals surface area (Å²) in [4.78, 5) is 49.0. The van der Waals surface area contributed by atoms with Gasteiger partial charge in [-0.15, -0.1) is 0 Å². The van der Waals surface area contributed by atoms with E-state index in [1.807, 2.05) is 0 Å². The van der Waals surface area contributed by atoms with Crippen LogP contribution in [-0.2, 0) is 14.4 Å². The van der Waals surface area contributed by atoms with Gasteiger partial charge in [0.25, 0.3) is 5.91 Å². The molecule has 3 amide bonds. The van der Waals surface area contributed by atoms with E-state index in [2.05, 4.69) is 10.6 Å². The fourth-order valence-corrected chi connectivity index (χ4v) is 3.05. The number of carboxylic acid groups (broad SMARTS) is 1. The topological polar surface area (TPSA) is 125 Å².